The van der Waals surface area contributed by atoms with Crippen LogP contribution in [0.25, 0.3) is 10.2 Å². The van der Waals surface area contributed by atoms with Crippen LogP contribution >= 0.6 is 11.3 Å². The maximum atomic E-state index is 13.3. The number of para-hydroxylation sites is 1. The summed E-state index contributed by atoms with van der Waals surface area (Å²) in [5.41, 5.74) is 3.08. The summed E-state index contributed by atoms with van der Waals surface area (Å²) in [6.45, 7) is 3.28. The number of piperidine rings is 1. The van der Waals surface area contributed by atoms with Gasteiger partial charge >= 0.3 is 0 Å². The van der Waals surface area contributed by atoms with E-state index in [1.807, 2.05) is 42.2 Å². The molecule has 162 valence electrons. The maximum absolute atomic E-state index is 13.3. The van der Waals surface area contributed by atoms with Gasteiger partial charge in [0.05, 0.1) is 21.5 Å². The summed E-state index contributed by atoms with van der Waals surface area (Å²) in [4.78, 5) is 32.4. The third-order valence-corrected chi connectivity index (χ3v) is 7.04. The van der Waals surface area contributed by atoms with Gasteiger partial charge in [0.1, 0.15) is 0 Å². The van der Waals surface area contributed by atoms with E-state index in [1.165, 1.54) is 11.0 Å². The Balaban J connectivity index is 1.33. The highest BCUT2D eigenvalue weighted by atomic mass is 32.1. The molecule has 2 aromatic carbocycles. The van der Waals surface area contributed by atoms with Crippen LogP contribution in [0.1, 0.15) is 50.2 Å². The first-order valence-corrected chi connectivity index (χ1v) is 11.5. The van der Waals surface area contributed by atoms with Gasteiger partial charge in [-0.1, -0.05) is 18.2 Å². The van der Waals surface area contributed by atoms with Crippen molar-refractivity contribution in [3.05, 3.63) is 82.8 Å². The van der Waals surface area contributed by atoms with Crippen molar-refractivity contribution in [2.24, 2.45) is 0 Å². The van der Waals surface area contributed by atoms with E-state index in [0.29, 0.717) is 17.8 Å². The number of aromatic nitrogens is 1. The largest absolute Gasteiger partial charge is 0.459 e. The van der Waals surface area contributed by atoms with Crippen LogP contribution < -0.4 is 5.32 Å². The molecule has 0 aliphatic carbocycles. The fourth-order valence-electron chi connectivity index (χ4n) is 4.09. The average molecular weight is 446 g/mol. The van der Waals surface area contributed by atoms with Crippen molar-refractivity contribution in [2.75, 3.05) is 18.4 Å². The number of aryl methyl sites for hydroxylation is 1. The standard InChI is InChI=1S/C25H23N3O3S/c1-16-10-11-17(14-20(16)26-23(29)21-8-5-13-31-21)25(30)28-12-4-6-18(15-28)24-27-19-7-2-3-9-22(19)32-24/h2-3,5,7-11,13-14,18H,4,6,12,15H2,1H3,(H,26,29)/t18-/m1/s1. The minimum absolute atomic E-state index is 0.0238. The predicted molar refractivity (Wildman–Crippen MR) is 125 cm³/mol. The van der Waals surface area contributed by atoms with Crippen molar-refractivity contribution < 1.29 is 14.0 Å². The van der Waals surface area contributed by atoms with Gasteiger partial charge in [0.25, 0.3) is 11.8 Å². The molecule has 32 heavy (non-hydrogen) atoms. The summed E-state index contributed by atoms with van der Waals surface area (Å²) < 4.78 is 6.35. The molecule has 1 atom stereocenters. The van der Waals surface area contributed by atoms with Crippen LogP contribution in [0.2, 0.25) is 0 Å². The number of nitrogens with one attached hydrogen (secondary N) is 1. The quantitative estimate of drug-likeness (QED) is 0.452. The highest BCUT2D eigenvalue weighted by Gasteiger charge is 2.28. The third kappa shape index (κ3) is 4.03. The molecule has 5 rings (SSSR count). The van der Waals surface area contributed by atoms with Gasteiger partial charge in [-0.3, -0.25) is 9.59 Å². The van der Waals surface area contributed by atoms with Gasteiger partial charge in [-0.25, -0.2) is 4.98 Å². The number of amides is 2. The Hall–Kier alpha value is -3.45. The predicted octanol–water partition coefficient (Wildman–Crippen LogP) is 5.47. The number of nitrogens with zero attached hydrogens (tertiary/aromatic N) is 2. The number of furan rings is 1. The Morgan fingerprint density at radius 2 is 2.03 bits per heavy atom. The molecular weight excluding hydrogens is 422 g/mol. The zero-order chi connectivity index (χ0) is 22.1. The Labute approximate surface area is 189 Å². The van der Waals surface area contributed by atoms with Gasteiger partial charge in [0.15, 0.2) is 5.76 Å². The molecule has 6 nitrogen and oxygen atoms in total. The number of carbonyl (C=O) groups excluding carboxylic acids is 2. The van der Waals surface area contributed by atoms with E-state index < -0.39 is 0 Å². The van der Waals surface area contributed by atoms with E-state index in [4.69, 9.17) is 9.40 Å². The second-order valence-electron chi connectivity index (χ2n) is 8.07. The van der Waals surface area contributed by atoms with Crippen LogP contribution in [0.15, 0.2) is 65.3 Å². The van der Waals surface area contributed by atoms with Gasteiger partial charge in [0, 0.05) is 30.3 Å². The lowest BCUT2D eigenvalue weighted by molar-refractivity contribution is 0.0707. The lowest BCUT2D eigenvalue weighted by Gasteiger charge is -2.32. The SMILES string of the molecule is Cc1ccc(C(=O)N2CCC[C@@H](c3nc4ccccc4s3)C2)cc1NC(=O)c1ccco1. The van der Waals surface area contributed by atoms with Crippen molar-refractivity contribution >= 4 is 39.1 Å². The second-order valence-corrected chi connectivity index (χ2v) is 9.13. The molecule has 7 heteroatoms. The fourth-order valence-corrected chi connectivity index (χ4v) is 5.19. The minimum Gasteiger partial charge on any atom is -0.459 e. The number of anilines is 1. The second kappa shape index (κ2) is 8.59. The van der Waals surface area contributed by atoms with Crippen LogP contribution in [0.5, 0.6) is 0 Å². The van der Waals surface area contributed by atoms with E-state index in [0.717, 1.165) is 35.5 Å². The molecule has 1 aliphatic heterocycles. The topological polar surface area (TPSA) is 75.4 Å². The van der Waals surface area contributed by atoms with Crippen molar-refractivity contribution in [1.82, 2.24) is 9.88 Å². The van der Waals surface area contributed by atoms with E-state index in [9.17, 15) is 9.59 Å². The van der Waals surface area contributed by atoms with Gasteiger partial charge in [-0.05, 0) is 61.7 Å². The maximum Gasteiger partial charge on any atom is 0.291 e. The monoisotopic (exact) mass is 445 g/mol. The molecule has 2 aromatic heterocycles. The first-order chi connectivity index (χ1) is 15.6. The summed E-state index contributed by atoms with van der Waals surface area (Å²) in [7, 11) is 0. The van der Waals surface area contributed by atoms with E-state index >= 15 is 0 Å². The third-order valence-electron chi connectivity index (χ3n) is 5.85. The fraction of sp³-hybridized carbons (Fsp3) is 0.240. The number of fused-ring (bicyclic) bond motifs is 1. The number of hydrogen-bond donors (Lipinski definition) is 1. The van der Waals surface area contributed by atoms with Crippen molar-refractivity contribution in [2.45, 2.75) is 25.7 Å². The zero-order valence-electron chi connectivity index (χ0n) is 17.7. The van der Waals surface area contributed by atoms with Crippen molar-refractivity contribution in [3.8, 4) is 0 Å². The smallest absolute Gasteiger partial charge is 0.291 e. The molecule has 1 saturated heterocycles. The number of thiazole rings is 1. The van der Waals surface area contributed by atoms with Crippen LogP contribution in [0.3, 0.4) is 0 Å². The molecule has 0 spiro atoms. The van der Waals surface area contributed by atoms with Gasteiger partial charge < -0.3 is 14.6 Å². The van der Waals surface area contributed by atoms with Crippen molar-refractivity contribution in [3.63, 3.8) is 0 Å². The highest BCUT2D eigenvalue weighted by molar-refractivity contribution is 7.18. The number of hydrogen-bond acceptors (Lipinski definition) is 5. The number of likely N-dealkylation sites (tertiary alicyclic amines) is 1. The number of benzene rings is 2. The summed E-state index contributed by atoms with van der Waals surface area (Å²) in [5, 5.41) is 3.94. The first kappa shape index (κ1) is 20.5. The average Bonchev–Trinajstić information content (AvgIpc) is 3.50. The molecule has 3 heterocycles. The molecule has 0 radical (unpaired) electrons. The van der Waals surface area contributed by atoms with Gasteiger partial charge in [-0.2, -0.15) is 0 Å². The molecule has 4 aromatic rings. The molecule has 1 aliphatic rings. The molecule has 0 saturated carbocycles. The van der Waals surface area contributed by atoms with Crippen LogP contribution in [-0.4, -0.2) is 34.8 Å². The molecular formula is C25H23N3O3S. The lowest BCUT2D eigenvalue weighted by Crippen LogP contribution is -2.39. The summed E-state index contributed by atoms with van der Waals surface area (Å²) in [6.07, 6.45) is 3.43. The molecule has 0 bridgehead atoms. The Morgan fingerprint density at radius 1 is 1.16 bits per heavy atom. The molecule has 1 fully saturated rings. The van der Waals surface area contributed by atoms with E-state index in [2.05, 4.69) is 11.4 Å². The Morgan fingerprint density at radius 3 is 2.84 bits per heavy atom. The minimum atomic E-state index is -0.337. The first-order valence-electron chi connectivity index (χ1n) is 10.7. The highest BCUT2D eigenvalue weighted by Crippen LogP contribution is 2.33. The van der Waals surface area contributed by atoms with E-state index in [1.54, 1.807) is 29.5 Å². The Kier molecular flexibility index (Phi) is 5.49. The summed E-state index contributed by atoms with van der Waals surface area (Å²) in [6, 6.07) is 16.9. The zero-order valence-corrected chi connectivity index (χ0v) is 18.5. The van der Waals surface area contributed by atoms with Gasteiger partial charge in [-0.15, -0.1) is 11.3 Å². The molecule has 2 amide bonds. The van der Waals surface area contributed by atoms with Crippen LogP contribution in [0.4, 0.5) is 5.69 Å². The normalized spacial score (nSPS) is 16.3. The summed E-state index contributed by atoms with van der Waals surface area (Å²) >= 11 is 1.72. The Bertz CT molecular complexity index is 1250. The number of rotatable bonds is 4. The number of carbonyl (C=O) groups is 2. The lowest BCUT2D eigenvalue weighted by atomic mass is 9.97. The van der Waals surface area contributed by atoms with Gasteiger partial charge in [0.2, 0.25) is 0 Å². The van der Waals surface area contributed by atoms with Crippen LogP contribution in [0, 0.1) is 6.92 Å². The molecule has 0 unspecified atom stereocenters. The molecule has 1 N–H and O–H groups in total. The van der Waals surface area contributed by atoms with E-state index in [-0.39, 0.29) is 23.5 Å². The van der Waals surface area contributed by atoms with Crippen LogP contribution in [-0.2, 0) is 0 Å². The summed E-state index contributed by atoms with van der Waals surface area (Å²) in [5.74, 6) is 0.116. The van der Waals surface area contributed by atoms with Crippen molar-refractivity contribution in [1.29, 1.82) is 0 Å².